The van der Waals surface area contributed by atoms with Gasteiger partial charge in [-0.15, -0.1) is 0 Å². The molecular weight excluding hydrogens is 375 g/mol. The summed E-state index contributed by atoms with van der Waals surface area (Å²) in [4.78, 5) is 12.7. The molecular formula is C18H15F3N5O2-. The molecule has 0 saturated carbocycles. The number of carbonyl (C=O) groups is 1. The first-order chi connectivity index (χ1) is 13.4. The minimum absolute atomic E-state index is 0.0204. The summed E-state index contributed by atoms with van der Waals surface area (Å²) in [7, 11) is 1.54. The number of carbonyl (C=O) groups excluding carboxylic acids is 1. The van der Waals surface area contributed by atoms with Crippen LogP contribution in [0.1, 0.15) is 22.9 Å². The second-order valence-corrected chi connectivity index (χ2v) is 5.91. The fraction of sp³-hybridized carbons (Fsp3) is 0.222. The van der Waals surface area contributed by atoms with Gasteiger partial charge in [0.25, 0.3) is 0 Å². The molecule has 1 heterocycles. The molecule has 2 aromatic carbocycles. The highest BCUT2D eigenvalue weighted by Crippen LogP contribution is 2.31. The molecule has 0 fully saturated rings. The van der Waals surface area contributed by atoms with Gasteiger partial charge in [-0.1, -0.05) is 18.2 Å². The molecule has 1 atom stereocenters. The third kappa shape index (κ3) is 4.64. The summed E-state index contributed by atoms with van der Waals surface area (Å²) in [6.45, 7) is 0. The first-order valence-corrected chi connectivity index (χ1v) is 8.16. The van der Waals surface area contributed by atoms with Gasteiger partial charge in [0.1, 0.15) is 5.75 Å². The third-order valence-corrected chi connectivity index (χ3v) is 4.02. The second-order valence-electron chi connectivity index (χ2n) is 5.91. The summed E-state index contributed by atoms with van der Waals surface area (Å²) >= 11 is 0. The first kappa shape index (κ1) is 19.3. The number of ether oxygens (including phenoxy) is 1. The van der Waals surface area contributed by atoms with Gasteiger partial charge in [0, 0.05) is 11.5 Å². The summed E-state index contributed by atoms with van der Waals surface area (Å²) in [5.74, 6) is -0.704. The van der Waals surface area contributed by atoms with E-state index in [-0.39, 0.29) is 17.9 Å². The van der Waals surface area contributed by atoms with E-state index in [1.54, 1.807) is 24.3 Å². The highest BCUT2D eigenvalue weighted by atomic mass is 19.4. The van der Waals surface area contributed by atoms with Crippen molar-refractivity contribution in [2.24, 2.45) is 0 Å². The van der Waals surface area contributed by atoms with Crippen LogP contribution in [0.25, 0.3) is 0 Å². The van der Waals surface area contributed by atoms with Crippen LogP contribution in [0.3, 0.4) is 0 Å². The highest BCUT2D eigenvalue weighted by Gasteiger charge is 2.30. The lowest BCUT2D eigenvalue weighted by Gasteiger charge is -2.18. The van der Waals surface area contributed by atoms with Gasteiger partial charge < -0.3 is 15.2 Å². The van der Waals surface area contributed by atoms with Gasteiger partial charge in [0.2, 0.25) is 5.91 Å². The van der Waals surface area contributed by atoms with E-state index in [1.807, 2.05) is 0 Å². The Bertz CT molecular complexity index is 927. The molecule has 0 aliphatic rings. The van der Waals surface area contributed by atoms with E-state index in [4.69, 9.17) is 4.74 Å². The number of hydrogen-bond acceptors (Lipinski definition) is 5. The van der Waals surface area contributed by atoms with Gasteiger partial charge in [-0.3, -0.25) is 15.1 Å². The fourth-order valence-electron chi connectivity index (χ4n) is 2.59. The van der Waals surface area contributed by atoms with E-state index in [2.05, 4.69) is 25.9 Å². The average molecular weight is 390 g/mol. The average Bonchev–Trinajstić information content (AvgIpc) is 3.20. The van der Waals surface area contributed by atoms with Gasteiger partial charge in [-0.2, -0.15) is 18.4 Å². The number of anilines is 1. The Hall–Kier alpha value is -3.43. The van der Waals surface area contributed by atoms with Crippen LogP contribution in [0.15, 0.2) is 48.5 Å². The zero-order chi connectivity index (χ0) is 20.1. The van der Waals surface area contributed by atoms with E-state index in [9.17, 15) is 18.0 Å². The molecule has 0 radical (unpaired) electrons. The Kier molecular flexibility index (Phi) is 5.57. The van der Waals surface area contributed by atoms with Crippen molar-refractivity contribution in [1.82, 2.24) is 20.6 Å². The van der Waals surface area contributed by atoms with Crippen molar-refractivity contribution in [3.05, 3.63) is 65.5 Å². The SMILES string of the molecule is COc1ccc(CC(C(=O)Nc2cccc(C(F)(F)F)c2)c2nnn[n-]2)cc1. The molecule has 0 aliphatic heterocycles. The monoisotopic (exact) mass is 390 g/mol. The van der Waals surface area contributed by atoms with Crippen LogP contribution in [-0.4, -0.2) is 28.5 Å². The van der Waals surface area contributed by atoms with Crippen LogP contribution < -0.4 is 15.2 Å². The normalized spacial score (nSPS) is 12.4. The number of alkyl halides is 3. The Morgan fingerprint density at radius 1 is 1.21 bits per heavy atom. The summed E-state index contributed by atoms with van der Waals surface area (Å²) in [6.07, 6.45) is -4.30. The topological polar surface area (TPSA) is 91.1 Å². The zero-order valence-electron chi connectivity index (χ0n) is 14.6. The van der Waals surface area contributed by atoms with Crippen LogP contribution in [-0.2, 0) is 17.4 Å². The van der Waals surface area contributed by atoms with E-state index < -0.39 is 23.6 Å². The van der Waals surface area contributed by atoms with E-state index in [0.29, 0.717) is 5.75 Å². The van der Waals surface area contributed by atoms with Crippen LogP contribution >= 0.6 is 0 Å². The number of aromatic nitrogens is 4. The van der Waals surface area contributed by atoms with Crippen LogP contribution in [0.4, 0.5) is 18.9 Å². The number of tetrazole rings is 1. The number of rotatable bonds is 6. The van der Waals surface area contributed by atoms with Crippen LogP contribution in [0, 0.1) is 0 Å². The van der Waals surface area contributed by atoms with Crippen molar-refractivity contribution < 1.29 is 22.7 Å². The number of methoxy groups -OCH3 is 1. The van der Waals surface area contributed by atoms with Crippen molar-refractivity contribution in [3.8, 4) is 5.75 Å². The van der Waals surface area contributed by atoms with E-state index in [0.717, 1.165) is 17.7 Å². The molecule has 1 unspecified atom stereocenters. The number of nitrogens with zero attached hydrogens (tertiary/aromatic N) is 4. The number of halogens is 3. The number of nitrogens with one attached hydrogen (secondary N) is 1. The predicted octanol–water partition coefficient (Wildman–Crippen LogP) is 2.82. The molecule has 0 saturated heterocycles. The maximum atomic E-state index is 12.9. The summed E-state index contributed by atoms with van der Waals surface area (Å²) in [5, 5.41) is 16.7. The minimum atomic E-state index is -4.51. The molecule has 0 bridgehead atoms. The van der Waals surface area contributed by atoms with Crippen LogP contribution in [0.5, 0.6) is 5.75 Å². The maximum Gasteiger partial charge on any atom is 0.416 e. The van der Waals surface area contributed by atoms with Crippen molar-refractivity contribution in [2.75, 3.05) is 12.4 Å². The third-order valence-electron chi connectivity index (χ3n) is 4.02. The van der Waals surface area contributed by atoms with Gasteiger partial charge >= 0.3 is 6.18 Å². The standard InChI is InChI=1S/C18H16F3N5O2/c1-28-14-7-5-11(6-8-14)9-15(16-23-25-26-24-16)17(27)22-13-4-2-3-12(10-13)18(19,20)21/h2-8,10,15H,9H2,1H3,(H2,22,23,24,25,26,27)/p-1. The fourth-order valence-corrected chi connectivity index (χ4v) is 2.59. The minimum Gasteiger partial charge on any atom is -0.497 e. The number of hydrogen-bond donors (Lipinski definition) is 1. The lowest BCUT2D eigenvalue weighted by molar-refractivity contribution is -0.137. The Balaban J connectivity index is 1.81. The Labute approximate surface area is 157 Å². The molecule has 0 aliphatic carbocycles. The van der Waals surface area contributed by atoms with Crippen LogP contribution in [0.2, 0.25) is 0 Å². The summed E-state index contributed by atoms with van der Waals surface area (Å²) in [5.41, 5.74) is -0.0493. The van der Waals surface area contributed by atoms with Crippen molar-refractivity contribution in [1.29, 1.82) is 0 Å². The number of amides is 1. The quantitative estimate of drug-likeness (QED) is 0.696. The summed E-state index contributed by atoms with van der Waals surface area (Å²) in [6, 6.07) is 11.4. The smallest absolute Gasteiger partial charge is 0.416 e. The maximum absolute atomic E-state index is 12.9. The molecule has 1 amide bonds. The molecule has 28 heavy (non-hydrogen) atoms. The first-order valence-electron chi connectivity index (χ1n) is 8.16. The largest absolute Gasteiger partial charge is 0.497 e. The summed E-state index contributed by atoms with van der Waals surface area (Å²) < 4.78 is 43.7. The zero-order valence-corrected chi connectivity index (χ0v) is 14.6. The van der Waals surface area contributed by atoms with E-state index >= 15 is 0 Å². The van der Waals surface area contributed by atoms with Gasteiger partial charge in [0.15, 0.2) is 0 Å². The molecule has 3 rings (SSSR count). The molecule has 3 aromatic rings. The van der Waals surface area contributed by atoms with Gasteiger partial charge in [-0.05, 0) is 42.3 Å². The van der Waals surface area contributed by atoms with Crippen molar-refractivity contribution >= 4 is 11.6 Å². The highest BCUT2D eigenvalue weighted by molar-refractivity contribution is 5.95. The molecule has 10 heteroatoms. The molecule has 1 aromatic heterocycles. The Morgan fingerprint density at radius 3 is 2.57 bits per heavy atom. The van der Waals surface area contributed by atoms with Crippen molar-refractivity contribution in [3.63, 3.8) is 0 Å². The Morgan fingerprint density at radius 2 is 1.96 bits per heavy atom. The van der Waals surface area contributed by atoms with Gasteiger partial charge in [-0.25, -0.2) is 0 Å². The number of benzene rings is 2. The lowest BCUT2D eigenvalue weighted by Crippen LogP contribution is -2.24. The van der Waals surface area contributed by atoms with Gasteiger partial charge in [0.05, 0.1) is 18.6 Å². The van der Waals surface area contributed by atoms with Crippen molar-refractivity contribution in [2.45, 2.75) is 18.5 Å². The molecule has 1 N–H and O–H groups in total. The predicted molar refractivity (Wildman–Crippen MR) is 92.7 cm³/mol. The molecule has 0 spiro atoms. The lowest BCUT2D eigenvalue weighted by atomic mass is 9.97. The van der Waals surface area contributed by atoms with E-state index in [1.165, 1.54) is 19.2 Å². The molecule has 146 valence electrons. The second kappa shape index (κ2) is 8.07. The molecule has 7 nitrogen and oxygen atoms in total.